The normalized spacial score (nSPS) is 16.3. The number of fused-ring (bicyclic) bond motifs is 1. The molecule has 1 amide bonds. The number of aromatic nitrogens is 3. The molecule has 2 aromatic rings. The lowest BCUT2D eigenvalue weighted by Gasteiger charge is -2.33. The van der Waals surface area contributed by atoms with Gasteiger partial charge in [-0.2, -0.15) is 5.10 Å². The number of likely N-dealkylation sites (tertiary alicyclic amines) is 1. The van der Waals surface area contributed by atoms with E-state index in [4.69, 9.17) is 5.73 Å². The van der Waals surface area contributed by atoms with Gasteiger partial charge in [-0.1, -0.05) is 0 Å². The molecule has 0 bridgehead atoms. The molecule has 1 aliphatic heterocycles. The molecule has 0 aliphatic carbocycles. The summed E-state index contributed by atoms with van der Waals surface area (Å²) in [7, 11) is 0. The van der Waals surface area contributed by atoms with E-state index in [-0.39, 0.29) is 42.8 Å². The van der Waals surface area contributed by atoms with Crippen molar-refractivity contribution in [1.29, 1.82) is 0 Å². The van der Waals surface area contributed by atoms with Crippen LogP contribution < -0.4 is 5.73 Å². The van der Waals surface area contributed by atoms with Crippen LogP contribution in [0.5, 0.6) is 0 Å². The van der Waals surface area contributed by atoms with Gasteiger partial charge >= 0.3 is 0 Å². The number of hydrogen-bond acceptors (Lipinski definition) is 4. The van der Waals surface area contributed by atoms with E-state index in [1.807, 2.05) is 22.6 Å². The van der Waals surface area contributed by atoms with E-state index in [9.17, 15) is 4.79 Å². The number of nitrogens with zero attached hydrogens (tertiary/aromatic N) is 4. The minimum absolute atomic E-state index is 0. The Morgan fingerprint density at radius 2 is 1.85 bits per heavy atom. The topological polar surface area (TPSA) is 77.0 Å². The average molecular weight is 402 g/mol. The molecule has 146 valence electrons. The van der Waals surface area contributed by atoms with Gasteiger partial charge in [0.2, 0.25) is 0 Å². The van der Waals surface area contributed by atoms with Gasteiger partial charge in [-0.05, 0) is 52.5 Å². The average Bonchev–Trinajstić information content (AvgIpc) is 2.97. The molecule has 1 atom stereocenters. The number of hydrogen-bond donors (Lipinski definition) is 1. The summed E-state index contributed by atoms with van der Waals surface area (Å²) >= 11 is 0. The fourth-order valence-electron chi connectivity index (χ4n) is 3.50. The second-order valence-electron chi connectivity index (χ2n) is 7.22. The molecule has 1 saturated heterocycles. The standard InChI is InChI=1S/C18H27N5O.2ClH/c1-11(2)23-17-16(10-20-23)15(9-12(3)21-17)18(24)22-7-5-14(6-8-22)13(4)19;;/h9-11,13-14H,5-8,19H2,1-4H3;2*1H. The number of carbonyl (C=O) groups excluding carboxylic acids is 1. The van der Waals surface area contributed by atoms with Crippen molar-refractivity contribution >= 4 is 41.8 Å². The van der Waals surface area contributed by atoms with E-state index >= 15 is 0 Å². The van der Waals surface area contributed by atoms with Gasteiger partial charge in [-0.3, -0.25) is 4.79 Å². The number of piperidine rings is 1. The minimum Gasteiger partial charge on any atom is -0.339 e. The summed E-state index contributed by atoms with van der Waals surface area (Å²) in [5.41, 5.74) is 8.35. The van der Waals surface area contributed by atoms with Crippen molar-refractivity contribution in [2.45, 2.75) is 52.6 Å². The van der Waals surface area contributed by atoms with Crippen LogP contribution in [0, 0.1) is 12.8 Å². The van der Waals surface area contributed by atoms with Crippen LogP contribution in [0.15, 0.2) is 12.3 Å². The summed E-state index contributed by atoms with van der Waals surface area (Å²) < 4.78 is 1.88. The Labute approximate surface area is 167 Å². The molecule has 0 radical (unpaired) electrons. The maximum Gasteiger partial charge on any atom is 0.254 e. The van der Waals surface area contributed by atoms with E-state index in [2.05, 4.69) is 30.9 Å². The van der Waals surface area contributed by atoms with Crippen LogP contribution in [0.2, 0.25) is 0 Å². The van der Waals surface area contributed by atoms with Crippen LogP contribution in [0.25, 0.3) is 11.0 Å². The fraction of sp³-hybridized carbons (Fsp3) is 0.611. The number of rotatable bonds is 3. The maximum absolute atomic E-state index is 13.1. The van der Waals surface area contributed by atoms with Crippen LogP contribution in [0.4, 0.5) is 0 Å². The van der Waals surface area contributed by atoms with Gasteiger partial charge in [-0.15, -0.1) is 24.8 Å². The lowest BCUT2D eigenvalue weighted by Crippen LogP contribution is -2.42. The van der Waals surface area contributed by atoms with Gasteiger partial charge in [0.25, 0.3) is 5.91 Å². The molecule has 6 nitrogen and oxygen atoms in total. The van der Waals surface area contributed by atoms with Crippen LogP contribution >= 0.6 is 24.8 Å². The molecular weight excluding hydrogens is 373 g/mol. The van der Waals surface area contributed by atoms with Crippen molar-refractivity contribution in [3.8, 4) is 0 Å². The van der Waals surface area contributed by atoms with Crippen LogP contribution in [0.1, 0.15) is 55.7 Å². The first-order valence-electron chi connectivity index (χ1n) is 8.78. The van der Waals surface area contributed by atoms with Gasteiger partial charge < -0.3 is 10.6 Å². The molecule has 0 spiro atoms. The van der Waals surface area contributed by atoms with Gasteiger partial charge in [-0.25, -0.2) is 9.67 Å². The zero-order valence-corrected chi connectivity index (χ0v) is 17.4. The smallest absolute Gasteiger partial charge is 0.254 e. The summed E-state index contributed by atoms with van der Waals surface area (Å²) in [6.07, 6.45) is 3.72. The summed E-state index contributed by atoms with van der Waals surface area (Å²) in [6, 6.07) is 2.29. The molecule has 1 fully saturated rings. The Morgan fingerprint density at radius 3 is 2.38 bits per heavy atom. The first-order valence-corrected chi connectivity index (χ1v) is 8.78. The van der Waals surface area contributed by atoms with Gasteiger partial charge in [0, 0.05) is 30.9 Å². The number of pyridine rings is 1. The maximum atomic E-state index is 13.1. The highest BCUT2D eigenvalue weighted by atomic mass is 35.5. The summed E-state index contributed by atoms with van der Waals surface area (Å²) in [4.78, 5) is 19.6. The van der Waals surface area contributed by atoms with Crippen molar-refractivity contribution in [3.63, 3.8) is 0 Å². The van der Waals surface area contributed by atoms with Gasteiger partial charge in [0.05, 0.1) is 17.1 Å². The Morgan fingerprint density at radius 1 is 1.23 bits per heavy atom. The van der Waals surface area contributed by atoms with E-state index in [0.29, 0.717) is 11.5 Å². The molecule has 2 N–H and O–H groups in total. The van der Waals surface area contributed by atoms with E-state index in [0.717, 1.165) is 42.7 Å². The third-order valence-electron chi connectivity index (χ3n) is 4.98. The second-order valence-corrected chi connectivity index (χ2v) is 7.22. The van der Waals surface area contributed by atoms with Crippen LogP contribution in [-0.4, -0.2) is 44.7 Å². The highest BCUT2D eigenvalue weighted by Gasteiger charge is 2.27. The fourth-order valence-corrected chi connectivity index (χ4v) is 3.50. The highest BCUT2D eigenvalue weighted by Crippen LogP contribution is 2.25. The predicted molar refractivity (Wildman–Crippen MR) is 109 cm³/mol. The van der Waals surface area contributed by atoms with Gasteiger partial charge in [0.1, 0.15) is 0 Å². The van der Waals surface area contributed by atoms with Gasteiger partial charge in [0.15, 0.2) is 5.65 Å². The monoisotopic (exact) mass is 401 g/mol. The SMILES string of the molecule is Cc1cc(C(=O)N2CCC(C(C)N)CC2)c2cnn(C(C)C)c2n1.Cl.Cl. The molecule has 1 aliphatic rings. The second kappa shape index (κ2) is 9.02. The number of aryl methyl sites for hydroxylation is 1. The van der Waals surface area contributed by atoms with Crippen LogP contribution in [0.3, 0.4) is 0 Å². The zero-order valence-electron chi connectivity index (χ0n) is 15.8. The number of halogens is 2. The Balaban J connectivity index is 0.00000169. The molecule has 0 aromatic carbocycles. The first-order chi connectivity index (χ1) is 11.4. The minimum atomic E-state index is 0. The lowest BCUT2D eigenvalue weighted by atomic mass is 9.90. The summed E-state index contributed by atoms with van der Waals surface area (Å²) in [6.45, 7) is 9.65. The molecule has 0 saturated carbocycles. The van der Waals surface area contributed by atoms with E-state index < -0.39 is 0 Å². The highest BCUT2D eigenvalue weighted by molar-refractivity contribution is 6.05. The first kappa shape index (κ1) is 22.7. The predicted octanol–water partition coefficient (Wildman–Crippen LogP) is 3.36. The summed E-state index contributed by atoms with van der Waals surface area (Å²) in [5, 5.41) is 5.27. The molecule has 3 rings (SSSR count). The molecule has 3 heterocycles. The molecule has 26 heavy (non-hydrogen) atoms. The Hall–Kier alpha value is -1.37. The number of amides is 1. The number of nitrogens with two attached hydrogens (primary N) is 1. The lowest BCUT2D eigenvalue weighted by molar-refractivity contribution is 0.0683. The van der Waals surface area contributed by atoms with Crippen molar-refractivity contribution in [3.05, 3.63) is 23.5 Å². The Bertz CT molecular complexity index is 751. The largest absolute Gasteiger partial charge is 0.339 e. The quantitative estimate of drug-likeness (QED) is 0.854. The zero-order chi connectivity index (χ0) is 17.4. The van der Waals surface area contributed by atoms with Crippen LogP contribution in [-0.2, 0) is 0 Å². The molecule has 1 unspecified atom stereocenters. The molecule has 2 aromatic heterocycles. The number of carbonyl (C=O) groups is 1. The Kier molecular flexibility index (Phi) is 7.86. The van der Waals surface area contributed by atoms with E-state index in [1.54, 1.807) is 6.20 Å². The van der Waals surface area contributed by atoms with Crippen molar-refractivity contribution in [2.24, 2.45) is 11.7 Å². The summed E-state index contributed by atoms with van der Waals surface area (Å²) in [5.74, 6) is 0.592. The molecular formula is C18H29Cl2N5O. The van der Waals surface area contributed by atoms with Crippen molar-refractivity contribution in [1.82, 2.24) is 19.7 Å². The van der Waals surface area contributed by atoms with E-state index in [1.165, 1.54) is 0 Å². The third-order valence-corrected chi connectivity index (χ3v) is 4.98. The third kappa shape index (κ3) is 4.30. The van der Waals surface area contributed by atoms with Crippen molar-refractivity contribution < 1.29 is 4.79 Å². The molecule has 8 heteroatoms. The van der Waals surface area contributed by atoms with Crippen molar-refractivity contribution in [2.75, 3.05) is 13.1 Å².